The molecule has 2 rings (SSSR count). The van der Waals surface area contributed by atoms with E-state index in [1.807, 2.05) is 20.8 Å². The number of nitrogens with one attached hydrogen (secondary N) is 1. The van der Waals surface area contributed by atoms with Crippen molar-refractivity contribution in [1.82, 2.24) is 14.7 Å². The lowest BCUT2D eigenvalue weighted by Gasteiger charge is -2.24. The molecule has 150 valence electrons. The van der Waals surface area contributed by atoms with Crippen LogP contribution in [-0.4, -0.2) is 57.9 Å². The Morgan fingerprint density at radius 2 is 2.04 bits per heavy atom. The summed E-state index contributed by atoms with van der Waals surface area (Å²) in [4.78, 5) is 38.1. The van der Waals surface area contributed by atoms with Crippen molar-refractivity contribution < 1.29 is 23.9 Å². The van der Waals surface area contributed by atoms with Crippen LogP contribution in [0.15, 0.2) is 6.20 Å². The first-order valence-electron chi connectivity index (χ1n) is 9.07. The molecule has 2 amide bonds. The van der Waals surface area contributed by atoms with E-state index >= 15 is 0 Å². The summed E-state index contributed by atoms with van der Waals surface area (Å²) < 4.78 is 11.8. The van der Waals surface area contributed by atoms with Crippen LogP contribution in [0, 0.1) is 5.92 Å². The number of hydrogen-bond acceptors (Lipinski definition) is 6. The monoisotopic (exact) mass is 380 g/mol. The van der Waals surface area contributed by atoms with Gasteiger partial charge in [0, 0.05) is 26.6 Å². The average Bonchev–Trinajstić information content (AvgIpc) is 3.14. The summed E-state index contributed by atoms with van der Waals surface area (Å²) in [6, 6.07) is 0. The van der Waals surface area contributed by atoms with Crippen LogP contribution in [0.2, 0.25) is 0 Å². The number of esters is 1. The van der Waals surface area contributed by atoms with Gasteiger partial charge in [-0.3, -0.25) is 9.48 Å². The zero-order valence-corrected chi connectivity index (χ0v) is 16.6. The van der Waals surface area contributed by atoms with Crippen molar-refractivity contribution in [3.05, 3.63) is 11.8 Å². The maximum Gasteiger partial charge on any atom is 0.410 e. The van der Waals surface area contributed by atoms with Crippen molar-refractivity contribution in [3.63, 3.8) is 0 Å². The molecule has 2 heterocycles. The zero-order chi connectivity index (χ0) is 20.2. The van der Waals surface area contributed by atoms with E-state index in [-0.39, 0.29) is 36.5 Å². The number of aryl methyl sites for hydroxylation is 1. The molecule has 9 nitrogen and oxygen atoms in total. The molecule has 1 aliphatic rings. The lowest BCUT2D eigenvalue weighted by molar-refractivity contribution is -0.117. The van der Waals surface area contributed by atoms with E-state index in [9.17, 15) is 14.4 Å². The van der Waals surface area contributed by atoms with Crippen molar-refractivity contribution in [2.75, 3.05) is 25.0 Å². The molecule has 1 saturated heterocycles. The second-order valence-corrected chi connectivity index (χ2v) is 7.58. The summed E-state index contributed by atoms with van der Waals surface area (Å²) in [5.41, 5.74) is -0.329. The van der Waals surface area contributed by atoms with Gasteiger partial charge in [0.2, 0.25) is 5.91 Å². The Morgan fingerprint density at radius 3 is 2.67 bits per heavy atom. The molecule has 1 aromatic rings. The Bertz CT molecular complexity index is 707. The predicted molar refractivity (Wildman–Crippen MR) is 98.3 cm³/mol. The Hall–Kier alpha value is -2.58. The Kier molecular flexibility index (Phi) is 6.45. The van der Waals surface area contributed by atoms with Gasteiger partial charge in [-0.25, -0.2) is 9.59 Å². The lowest BCUT2D eigenvalue weighted by atomic mass is 10.0. The number of carbonyl (C=O) groups is 3. The van der Waals surface area contributed by atoms with Crippen molar-refractivity contribution >= 4 is 23.8 Å². The van der Waals surface area contributed by atoms with Gasteiger partial charge in [-0.05, 0) is 40.0 Å². The largest absolute Gasteiger partial charge is 0.462 e. The van der Waals surface area contributed by atoms with Crippen LogP contribution in [0.25, 0.3) is 0 Å². The summed E-state index contributed by atoms with van der Waals surface area (Å²) in [5.74, 6) is -0.421. The van der Waals surface area contributed by atoms with Crippen LogP contribution in [0.5, 0.6) is 0 Å². The summed E-state index contributed by atoms with van der Waals surface area (Å²) in [6.45, 7) is 8.45. The molecule has 0 spiro atoms. The summed E-state index contributed by atoms with van der Waals surface area (Å²) in [7, 11) is 1.64. The van der Waals surface area contributed by atoms with Crippen LogP contribution in [0.4, 0.5) is 10.6 Å². The molecule has 27 heavy (non-hydrogen) atoms. The Labute approximate surface area is 159 Å². The normalized spacial score (nSPS) is 16.9. The summed E-state index contributed by atoms with van der Waals surface area (Å²) in [6.07, 6.45) is 1.98. The molecule has 1 aromatic heterocycles. The molecule has 0 saturated carbocycles. The van der Waals surface area contributed by atoms with Gasteiger partial charge in [0.25, 0.3) is 0 Å². The molecule has 0 radical (unpaired) electrons. The fourth-order valence-corrected chi connectivity index (χ4v) is 2.88. The van der Waals surface area contributed by atoms with E-state index < -0.39 is 11.6 Å². The number of carbonyl (C=O) groups excluding carboxylic acids is 3. The number of aromatic nitrogens is 2. The highest BCUT2D eigenvalue weighted by Crippen LogP contribution is 2.23. The van der Waals surface area contributed by atoms with Crippen molar-refractivity contribution in [1.29, 1.82) is 0 Å². The first kappa shape index (κ1) is 20.7. The minimum Gasteiger partial charge on any atom is -0.462 e. The van der Waals surface area contributed by atoms with Gasteiger partial charge in [-0.15, -0.1) is 0 Å². The highest BCUT2D eigenvalue weighted by atomic mass is 16.6. The number of rotatable bonds is 5. The summed E-state index contributed by atoms with van der Waals surface area (Å²) >= 11 is 0. The third-order valence-corrected chi connectivity index (χ3v) is 4.10. The molecule has 0 bridgehead atoms. The van der Waals surface area contributed by atoms with E-state index in [0.717, 1.165) is 6.42 Å². The second-order valence-electron chi connectivity index (χ2n) is 7.58. The zero-order valence-electron chi connectivity index (χ0n) is 16.6. The third-order valence-electron chi connectivity index (χ3n) is 4.10. The highest BCUT2D eigenvalue weighted by molar-refractivity contribution is 6.00. The molecule has 0 aromatic carbocycles. The van der Waals surface area contributed by atoms with Crippen molar-refractivity contribution in [2.45, 2.75) is 46.1 Å². The smallest absolute Gasteiger partial charge is 0.410 e. The topological polar surface area (TPSA) is 103 Å². The van der Waals surface area contributed by atoms with Gasteiger partial charge >= 0.3 is 12.1 Å². The maximum atomic E-state index is 12.4. The van der Waals surface area contributed by atoms with Crippen LogP contribution in [-0.2, 0) is 21.3 Å². The van der Waals surface area contributed by atoms with E-state index in [2.05, 4.69) is 10.4 Å². The van der Waals surface area contributed by atoms with E-state index in [4.69, 9.17) is 9.47 Å². The van der Waals surface area contributed by atoms with Gasteiger partial charge < -0.3 is 19.7 Å². The third kappa shape index (κ3) is 5.70. The molecule has 9 heteroatoms. The molecule has 1 aliphatic heterocycles. The molecule has 1 fully saturated rings. The Balaban J connectivity index is 1.91. The minimum absolute atomic E-state index is 0.0387. The molecular formula is C18H28N4O5. The second kappa shape index (κ2) is 8.41. The van der Waals surface area contributed by atoms with E-state index in [1.165, 1.54) is 10.9 Å². The first-order chi connectivity index (χ1) is 12.6. The molecule has 0 unspecified atom stereocenters. The quantitative estimate of drug-likeness (QED) is 0.786. The standard InChI is InChI=1S/C18H28N4O5/c1-6-26-16(24)13-10-19-21(5)15(13)20-14(23)9-12-7-8-22(11-12)17(25)27-18(2,3)4/h10,12H,6-9,11H2,1-5H3,(H,20,23)/t12-/m1/s1. The maximum absolute atomic E-state index is 12.4. The van der Waals surface area contributed by atoms with Crippen LogP contribution in [0.3, 0.4) is 0 Å². The molecule has 0 aliphatic carbocycles. The Morgan fingerprint density at radius 1 is 1.33 bits per heavy atom. The van der Waals surface area contributed by atoms with Gasteiger partial charge in [0.1, 0.15) is 17.0 Å². The fourth-order valence-electron chi connectivity index (χ4n) is 2.88. The number of nitrogens with zero attached hydrogens (tertiary/aromatic N) is 3. The van der Waals surface area contributed by atoms with Gasteiger partial charge in [-0.2, -0.15) is 5.10 Å². The van der Waals surface area contributed by atoms with E-state index in [0.29, 0.717) is 18.9 Å². The van der Waals surface area contributed by atoms with Crippen molar-refractivity contribution in [3.8, 4) is 0 Å². The fraction of sp³-hybridized carbons (Fsp3) is 0.667. The number of likely N-dealkylation sites (tertiary alicyclic amines) is 1. The average molecular weight is 380 g/mol. The summed E-state index contributed by atoms with van der Waals surface area (Å²) in [5, 5.41) is 6.74. The number of ether oxygens (including phenoxy) is 2. The van der Waals surface area contributed by atoms with Crippen molar-refractivity contribution in [2.24, 2.45) is 13.0 Å². The van der Waals surface area contributed by atoms with E-state index in [1.54, 1.807) is 18.9 Å². The first-order valence-corrected chi connectivity index (χ1v) is 9.07. The van der Waals surface area contributed by atoms with Gasteiger partial charge in [0.05, 0.1) is 12.8 Å². The molecule has 1 N–H and O–H groups in total. The minimum atomic E-state index is -0.546. The van der Waals surface area contributed by atoms with Gasteiger partial charge in [-0.1, -0.05) is 0 Å². The SMILES string of the molecule is CCOC(=O)c1cnn(C)c1NC(=O)C[C@H]1CCN(C(=O)OC(C)(C)C)C1. The number of amides is 2. The highest BCUT2D eigenvalue weighted by Gasteiger charge is 2.31. The lowest BCUT2D eigenvalue weighted by Crippen LogP contribution is -2.35. The number of anilines is 1. The van der Waals surface area contributed by atoms with Crippen LogP contribution < -0.4 is 5.32 Å². The predicted octanol–water partition coefficient (Wildman–Crippen LogP) is 2.18. The molecule has 1 atom stereocenters. The van der Waals surface area contributed by atoms with Crippen LogP contribution >= 0.6 is 0 Å². The van der Waals surface area contributed by atoms with Crippen LogP contribution in [0.1, 0.15) is 50.9 Å². The van der Waals surface area contributed by atoms with Gasteiger partial charge in [0.15, 0.2) is 0 Å². The molecular weight excluding hydrogens is 352 g/mol. The number of hydrogen-bond donors (Lipinski definition) is 1.